The fourth-order valence-electron chi connectivity index (χ4n) is 2.54. The van der Waals surface area contributed by atoms with Crippen molar-refractivity contribution >= 4 is 5.91 Å². The Bertz CT molecular complexity index is 551. The third-order valence-electron chi connectivity index (χ3n) is 4.04. The van der Waals surface area contributed by atoms with Gasteiger partial charge in [0.25, 0.3) is 5.91 Å². The highest BCUT2D eigenvalue weighted by molar-refractivity contribution is 5.97. The van der Waals surface area contributed by atoms with E-state index in [-0.39, 0.29) is 11.5 Å². The average molecular weight is 297 g/mol. The highest BCUT2D eigenvalue weighted by Gasteiger charge is 2.16. The number of nitriles is 1. The van der Waals surface area contributed by atoms with Crippen molar-refractivity contribution in [3.63, 3.8) is 0 Å². The second-order valence-corrected chi connectivity index (χ2v) is 5.86. The molecule has 0 unspecified atom stereocenters. The van der Waals surface area contributed by atoms with Gasteiger partial charge in [-0.25, -0.2) is 0 Å². The monoisotopic (exact) mass is 297 g/mol. The van der Waals surface area contributed by atoms with Crippen LogP contribution in [0.2, 0.25) is 0 Å². The Hall–Kier alpha value is -2.28. The number of hydrogen-bond donors (Lipinski definition) is 1. The van der Waals surface area contributed by atoms with Gasteiger partial charge in [-0.2, -0.15) is 5.26 Å². The molecule has 1 heterocycles. The van der Waals surface area contributed by atoms with Gasteiger partial charge in [0.15, 0.2) is 0 Å². The van der Waals surface area contributed by atoms with Crippen molar-refractivity contribution in [2.45, 2.75) is 26.2 Å². The van der Waals surface area contributed by atoms with Gasteiger partial charge in [0, 0.05) is 25.8 Å². The van der Waals surface area contributed by atoms with Crippen LogP contribution in [0.4, 0.5) is 0 Å². The Morgan fingerprint density at radius 1 is 1.36 bits per heavy atom. The van der Waals surface area contributed by atoms with Crippen LogP contribution in [0, 0.1) is 17.2 Å². The van der Waals surface area contributed by atoms with Gasteiger partial charge in [0.2, 0.25) is 0 Å². The molecule has 0 aliphatic carbocycles. The highest BCUT2D eigenvalue weighted by Crippen LogP contribution is 2.16. The van der Waals surface area contributed by atoms with Gasteiger partial charge >= 0.3 is 0 Å². The summed E-state index contributed by atoms with van der Waals surface area (Å²) in [6.45, 7) is 4.62. The van der Waals surface area contributed by atoms with Crippen molar-refractivity contribution in [3.8, 4) is 6.07 Å². The van der Waals surface area contributed by atoms with Crippen LogP contribution in [0.1, 0.15) is 25.3 Å². The second kappa shape index (κ2) is 8.23. The summed E-state index contributed by atoms with van der Waals surface area (Å²) >= 11 is 0. The molecule has 4 heteroatoms. The van der Waals surface area contributed by atoms with E-state index in [9.17, 15) is 10.1 Å². The number of likely N-dealkylation sites (tertiary alicyclic amines) is 1. The molecule has 0 aromatic heterocycles. The summed E-state index contributed by atoms with van der Waals surface area (Å²) in [5.41, 5.74) is 1.37. The smallest absolute Gasteiger partial charge is 0.263 e. The number of carbonyl (C=O) groups is 1. The molecule has 1 N–H and O–H groups in total. The topological polar surface area (TPSA) is 56.1 Å². The van der Waals surface area contributed by atoms with Gasteiger partial charge in [0.1, 0.15) is 11.6 Å². The molecule has 0 radical (unpaired) electrons. The maximum Gasteiger partial charge on any atom is 0.263 e. The van der Waals surface area contributed by atoms with Crippen LogP contribution in [0.25, 0.3) is 0 Å². The van der Waals surface area contributed by atoms with E-state index >= 15 is 0 Å². The van der Waals surface area contributed by atoms with Gasteiger partial charge < -0.3 is 10.2 Å². The third kappa shape index (κ3) is 4.92. The third-order valence-corrected chi connectivity index (χ3v) is 4.04. The van der Waals surface area contributed by atoms with Crippen LogP contribution in [0.5, 0.6) is 0 Å². The Balaban J connectivity index is 1.82. The summed E-state index contributed by atoms with van der Waals surface area (Å²) in [5, 5.41) is 12.0. The molecule has 1 aromatic rings. The molecule has 116 valence electrons. The molecule has 2 rings (SSSR count). The zero-order chi connectivity index (χ0) is 15.8. The number of nitrogens with zero attached hydrogens (tertiary/aromatic N) is 2. The maximum atomic E-state index is 12.1. The van der Waals surface area contributed by atoms with Crippen LogP contribution in [0.3, 0.4) is 0 Å². The molecule has 0 atom stereocenters. The van der Waals surface area contributed by atoms with E-state index in [4.69, 9.17) is 0 Å². The molecule has 0 bridgehead atoms. The fraction of sp³-hybridized carbons (Fsp3) is 0.444. The largest absolute Gasteiger partial charge is 0.376 e. The molecule has 1 fully saturated rings. The molecule has 1 aromatic carbocycles. The molecule has 1 amide bonds. The number of amides is 1. The lowest BCUT2D eigenvalue weighted by Crippen LogP contribution is -2.31. The summed E-state index contributed by atoms with van der Waals surface area (Å²) in [7, 11) is 0. The summed E-state index contributed by atoms with van der Waals surface area (Å²) in [6.07, 6.45) is 4.71. The first-order valence-electron chi connectivity index (χ1n) is 7.87. The van der Waals surface area contributed by atoms with Gasteiger partial charge in [-0.3, -0.25) is 4.79 Å². The van der Waals surface area contributed by atoms with Crippen LogP contribution >= 0.6 is 0 Å². The van der Waals surface area contributed by atoms with Crippen molar-refractivity contribution in [2.75, 3.05) is 19.6 Å². The number of rotatable bonds is 5. The Morgan fingerprint density at radius 2 is 2.05 bits per heavy atom. The normalized spacial score (nSPS) is 16.2. The van der Waals surface area contributed by atoms with E-state index in [1.54, 1.807) is 6.20 Å². The Kier molecular flexibility index (Phi) is 6.02. The average Bonchev–Trinajstić information content (AvgIpc) is 2.55. The summed E-state index contributed by atoms with van der Waals surface area (Å²) in [5.74, 6) is 0.451. The van der Waals surface area contributed by atoms with Crippen LogP contribution < -0.4 is 5.32 Å². The molecular weight excluding hydrogens is 274 g/mol. The van der Waals surface area contributed by atoms with E-state index in [1.165, 1.54) is 5.56 Å². The molecule has 1 aliphatic heterocycles. The van der Waals surface area contributed by atoms with Gasteiger partial charge in [-0.05, 0) is 30.7 Å². The van der Waals surface area contributed by atoms with E-state index in [0.29, 0.717) is 6.54 Å². The number of benzene rings is 1. The number of carbonyl (C=O) groups excluding carboxylic acids is 1. The predicted molar refractivity (Wildman–Crippen MR) is 86.8 cm³/mol. The predicted octanol–water partition coefficient (Wildman–Crippen LogP) is 2.48. The first-order valence-corrected chi connectivity index (χ1v) is 7.87. The minimum absolute atomic E-state index is 0.197. The van der Waals surface area contributed by atoms with Gasteiger partial charge in [-0.1, -0.05) is 37.3 Å². The number of hydrogen-bond acceptors (Lipinski definition) is 3. The second-order valence-electron chi connectivity index (χ2n) is 5.86. The first-order chi connectivity index (χ1) is 10.7. The zero-order valence-corrected chi connectivity index (χ0v) is 13.1. The van der Waals surface area contributed by atoms with Crippen molar-refractivity contribution in [2.24, 2.45) is 5.92 Å². The van der Waals surface area contributed by atoms with Crippen molar-refractivity contribution < 1.29 is 4.79 Å². The van der Waals surface area contributed by atoms with Crippen LogP contribution in [-0.2, 0) is 11.2 Å². The van der Waals surface area contributed by atoms with Gasteiger partial charge in [-0.15, -0.1) is 0 Å². The summed E-state index contributed by atoms with van der Waals surface area (Å²) in [4.78, 5) is 14.2. The van der Waals surface area contributed by atoms with E-state index < -0.39 is 0 Å². The molecule has 0 saturated carbocycles. The van der Waals surface area contributed by atoms with Crippen molar-refractivity contribution in [1.29, 1.82) is 5.26 Å². The van der Waals surface area contributed by atoms with E-state index in [0.717, 1.165) is 38.3 Å². The first kappa shape index (κ1) is 16.1. The molecule has 0 spiro atoms. The molecule has 1 aliphatic rings. The molecular formula is C18H23N3O. The van der Waals surface area contributed by atoms with E-state index in [1.807, 2.05) is 36.4 Å². The van der Waals surface area contributed by atoms with Crippen LogP contribution in [0.15, 0.2) is 42.1 Å². The lowest BCUT2D eigenvalue weighted by molar-refractivity contribution is -0.117. The molecule has 22 heavy (non-hydrogen) atoms. The quantitative estimate of drug-likeness (QED) is 0.671. The van der Waals surface area contributed by atoms with Crippen LogP contribution in [-0.4, -0.2) is 30.4 Å². The minimum atomic E-state index is -0.281. The number of piperidine rings is 1. The number of nitrogens with one attached hydrogen (secondary N) is 1. The lowest BCUT2D eigenvalue weighted by atomic mass is 9.99. The highest BCUT2D eigenvalue weighted by atomic mass is 16.1. The summed E-state index contributed by atoms with van der Waals surface area (Å²) < 4.78 is 0. The SMILES string of the molecule is CC1CCN(/C=C(/C#N)C(=O)NCCc2ccccc2)CC1. The zero-order valence-electron chi connectivity index (χ0n) is 13.1. The Labute approximate surface area is 132 Å². The lowest BCUT2D eigenvalue weighted by Gasteiger charge is -2.29. The minimum Gasteiger partial charge on any atom is -0.376 e. The van der Waals surface area contributed by atoms with Gasteiger partial charge in [0.05, 0.1) is 0 Å². The standard InChI is InChI=1S/C18H23N3O/c1-15-8-11-21(12-9-15)14-17(13-19)18(22)20-10-7-16-5-3-2-4-6-16/h2-6,14-15H,7-12H2,1H3,(H,20,22)/b17-14-. The fourth-order valence-corrected chi connectivity index (χ4v) is 2.54. The Morgan fingerprint density at radius 3 is 2.68 bits per heavy atom. The molecule has 1 saturated heterocycles. The maximum absolute atomic E-state index is 12.1. The van der Waals surface area contributed by atoms with Crippen molar-refractivity contribution in [1.82, 2.24) is 10.2 Å². The van der Waals surface area contributed by atoms with Crippen molar-refractivity contribution in [3.05, 3.63) is 47.7 Å². The molecule has 4 nitrogen and oxygen atoms in total. The summed E-state index contributed by atoms with van der Waals surface area (Å²) in [6, 6.07) is 12.0. The van der Waals surface area contributed by atoms with E-state index in [2.05, 4.69) is 17.1 Å².